The summed E-state index contributed by atoms with van der Waals surface area (Å²) in [5, 5.41) is 0.206. The van der Waals surface area contributed by atoms with E-state index in [4.69, 9.17) is 0 Å². The minimum absolute atomic E-state index is 0.206. The standard InChI is InChI=1S/C5H9NOS/c1-4-3-8-5(7)6(4)2/h4H,3H2,1-2H3/t4-/m0/s1. The molecule has 3 heteroatoms. The third-order valence-electron chi connectivity index (χ3n) is 1.40. The van der Waals surface area contributed by atoms with Gasteiger partial charge in [0, 0.05) is 18.8 Å². The smallest absolute Gasteiger partial charge is 0.281 e. The third kappa shape index (κ3) is 0.823. The SMILES string of the molecule is C[C@H]1CSC(=O)N1C. The van der Waals surface area contributed by atoms with Crippen molar-refractivity contribution in [2.45, 2.75) is 13.0 Å². The fourth-order valence-electron chi connectivity index (χ4n) is 0.585. The number of carbonyl (C=O) groups excluding carboxylic acids is 1. The van der Waals surface area contributed by atoms with Crippen molar-refractivity contribution in [3.63, 3.8) is 0 Å². The maximum atomic E-state index is 10.7. The van der Waals surface area contributed by atoms with E-state index in [1.807, 2.05) is 7.05 Å². The predicted octanol–water partition coefficient (Wildman–Crippen LogP) is 1.17. The van der Waals surface area contributed by atoms with Gasteiger partial charge in [-0.25, -0.2) is 0 Å². The summed E-state index contributed by atoms with van der Waals surface area (Å²) in [6, 6.07) is 0.437. The summed E-state index contributed by atoms with van der Waals surface area (Å²) in [5.41, 5.74) is 0. The second kappa shape index (κ2) is 1.97. The molecule has 0 aromatic rings. The average Bonchev–Trinajstić information content (AvgIpc) is 1.98. The monoisotopic (exact) mass is 131 g/mol. The first-order chi connectivity index (χ1) is 3.72. The molecule has 1 aliphatic rings. The summed E-state index contributed by atoms with van der Waals surface area (Å²) < 4.78 is 0. The Hall–Kier alpha value is -0.180. The molecule has 0 N–H and O–H groups in total. The number of hydrogen-bond donors (Lipinski definition) is 0. The molecule has 2 nitrogen and oxygen atoms in total. The van der Waals surface area contributed by atoms with Gasteiger partial charge in [-0.15, -0.1) is 0 Å². The number of nitrogens with zero attached hydrogens (tertiary/aromatic N) is 1. The minimum Gasteiger partial charge on any atom is -0.333 e. The first-order valence-corrected chi connectivity index (χ1v) is 3.60. The Morgan fingerprint density at radius 3 is 2.62 bits per heavy atom. The summed E-state index contributed by atoms with van der Waals surface area (Å²) in [6.07, 6.45) is 0. The van der Waals surface area contributed by atoms with E-state index in [9.17, 15) is 4.79 Å². The van der Waals surface area contributed by atoms with Crippen LogP contribution in [0.25, 0.3) is 0 Å². The van der Waals surface area contributed by atoms with Gasteiger partial charge in [0.15, 0.2) is 0 Å². The second-order valence-corrected chi connectivity index (χ2v) is 3.01. The number of amides is 1. The van der Waals surface area contributed by atoms with Gasteiger partial charge < -0.3 is 4.90 Å². The lowest BCUT2D eigenvalue weighted by Gasteiger charge is -2.11. The molecular formula is C5H9NOS. The summed E-state index contributed by atoms with van der Waals surface area (Å²) in [6.45, 7) is 2.05. The van der Waals surface area contributed by atoms with Crippen molar-refractivity contribution in [2.75, 3.05) is 12.8 Å². The Kier molecular flexibility index (Phi) is 1.47. The van der Waals surface area contributed by atoms with Gasteiger partial charge in [0.2, 0.25) is 0 Å². The van der Waals surface area contributed by atoms with Crippen LogP contribution in [0, 0.1) is 0 Å². The van der Waals surface area contributed by atoms with Crippen LogP contribution < -0.4 is 0 Å². The lowest BCUT2D eigenvalue weighted by Crippen LogP contribution is -2.25. The Morgan fingerprint density at radius 2 is 2.50 bits per heavy atom. The van der Waals surface area contributed by atoms with Crippen LogP contribution in [0.1, 0.15) is 6.92 Å². The molecule has 1 amide bonds. The van der Waals surface area contributed by atoms with Gasteiger partial charge in [0.1, 0.15) is 0 Å². The highest BCUT2D eigenvalue weighted by molar-refractivity contribution is 8.13. The van der Waals surface area contributed by atoms with Crippen LogP contribution in [0.3, 0.4) is 0 Å². The lowest BCUT2D eigenvalue weighted by atomic mass is 10.4. The fourth-order valence-corrected chi connectivity index (χ4v) is 1.58. The molecular weight excluding hydrogens is 122 g/mol. The van der Waals surface area contributed by atoms with Crippen LogP contribution >= 0.6 is 11.8 Å². The highest BCUT2D eigenvalue weighted by Crippen LogP contribution is 2.20. The van der Waals surface area contributed by atoms with Crippen molar-refractivity contribution in [3.8, 4) is 0 Å². The van der Waals surface area contributed by atoms with E-state index in [-0.39, 0.29) is 5.24 Å². The van der Waals surface area contributed by atoms with Crippen LogP contribution in [0.5, 0.6) is 0 Å². The van der Waals surface area contributed by atoms with E-state index in [0.29, 0.717) is 6.04 Å². The van der Waals surface area contributed by atoms with Crippen molar-refractivity contribution >= 4 is 17.0 Å². The number of rotatable bonds is 0. The molecule has 0 radical (unpaired) electrons. The van der Waals surface area contributed by atoms with Crippen LogP contribution in [0.4, 0.5) is 4.79 Å². The molecule has 46 valence electrons. The maximum absolute atomic E-state index is 10.7. The molecule has 1 saturated heterocycles. The van der Waals surface area contributed by atoms with Gasteiger partial charge in [-0.1, -0.05) is 11.8 Å². The van der Waals surface area contributed by atoms with Crippen molar-refractivity contribution < 1.29 is 4.79 Å². The predicted molar refractivity (Wildman–Crippen MR) is 35.1 cm³/mol. The van der Waals surface area contributed by atoms with E-state index in [1.54, 1.807) is 4.90 Å². The lowest BCUT2D eigenvalue weighted by molar-refractivity contribution is 0.228. The molecule has 0 bridgehead atoms. The van der Waals surface area contributed by atoms with Crippen LogP contribution in [-0.4, -0.2) is 29.0 Å². The fraction of sp³-hybridized carbons (Fsp3) is 0.800. The summed E-state index contributed by atoms with van der Waals surface area (Å²) in [5.74, 6) is 0.954. The van der Waals surface area contributed by atoms with Crippen molar-refractivity contribution in [1.29, 1.82) is 0 Å². The molecule has 0 aromatic carbocycles. The summed E-state index contributed by atoms with van der Waals surface area (Å²) in [4.78, 5) is 12.4. The Bertz CT molecular complexity index is 115. The first kappa shape index (κ1) is 5.95. The Balaban J connectivity index is 2.56. The van der Waals surface area contributed by atoms with Gasteiger partial charge in [0.25, 0.3) is 5.24 Å². The van der Waals surface area contributed by atoms with Gasteiger partial charge in [-0.2, -0.15) is 0 Å². The normalized spacial score (nSPS) is 29.5. The van der Waals surface area contributed by atoms with E-state index in [0.717, 1.165) is 5.75 Å². The Labute approximate surface area is 53.2 Å². The zero-order chi connectivity index (χ0) is 6.15. The second-order valence-electron chi connectivity index (χ2n) is 2.04. The highest BCUT2D eigenvalue weighted by atomic mass is 32.2. The van der Waals surface area contributed by atoms with E-state index in [2.05, 4.69) is 6.92 Å². The maximum Gasteiger partial charge on any atom is 0.281 e. The van der Waals surface area contributed by atoms with Crippen LogP contribution in [0.15, 0.2) is 0 Å². The molecule has 1 fully saturated rings. The van der Waals surface area contributed by atoms with E-state index in [1.165, 1.54) is 11.8 Å². The number of thioether (sulfide) groups is 1. The number of hydrogen-bond acceptors (Lipinski definition) is 2. The van der Waals surface area contributed by atoms with Crippen molar-refractivity contribution in [3.05, 3.63) is 0 Å². The summed E-state index contributed by atoms with van der Waals surface area (Å²) in [7, 11) is 1.84. The molecule has 1 rings (SSSR count). The van der Waals surface area contributed by atoms with Gasteiger partial charge in [0.05, 0.1) is 0 Å². The molecule has 0 unspecified atom stereocenters. The molecule has 1 atom stereocenters. The van der Waals surface area contributed by atoms with Crippen molar-refractivity contribution in [2.24, 2.45) is 0 Å². The Morgan fingerprint density at radius 1 is 1.88 bits per heavy atom. The quantitative estimate of drug-likeness (QED) is 0.492. The molecule has 1 heterocycles. The average molecular weight is 131 g/mol. The highest BCUT2D eigenvalue weighted by Gasteiger charge is 2.23. The number of carbonyl (C=O) groups is 1. The van der Waals surface area contributed by atoms with E-state index < -0.39 is 0 Å². The van der Waals surface area contributed by atoms with Crippen molar-refractivity contribution in [1.82, 2.24) is 4.90 Å². The first-order valence-electron chi connectivity index (χ1n) is 2.61. The third-order valence-corrected chi connectivity index (χ3v) is 2.58. The molecule has 0 spiro atoms. The topological polar surface area (TPSA) is 20.3 Å². The van der Waals surface area contributed by atoms with Crippen LogP contribution in [-0.2, 0) is 0 Å². The molecule has 1 aliphatic heterocycles. The minimum atomic E-state index is 0.206. The zero-order valence-electron chi connectivity index (χ0n) is 5.05. The molecule has 0 saturated carbocycles. The molecule has 0 aliphatic carbocycles. The van der Waals surface area contributed by atoms with Gasteiger partial charge >= 0.3 is 0 Å². The van der Waals surface area contributed by atoms with Gasteiger partial charge in [-0.3, -0.25) is 4.79 Å². The largest absolute Gasteiger partial charge is 0.333 e. The summed E-state index contributed by atoms with van der Waals surface area (Å²) >= 11 is 1.40. The van der Waals surface area contributed by atoms with Gasteiger partial charge in [-0.05, 0) is 6.92 Å². The molecule has 0 aromatic heterocycles. The zero-order valence-corrected chi connectivity index (χ0v) is 5.86. The van der Waals surface area contributed by atoms with Crippen LogP contribution in [0.2, 0.25) is 0 Å². The van der Waals surface area contributed by atoms with E-state index >= 15 is 0 Å². The molecule has 8 heavy (non-hydrogen) atoms.